The van der Waals surface area contributed by atoms with Crippen molar-refractivity contribution in [1.29, 1.82) is 0 Å². The third-order valence-corrected chi connectivity index (χ3v) is 3.28. The molecule has 1 aliphatic carbocycles. The molecule has 102 valence electrons. The zero-order valence-corrected chi connectivity index (χ0v) is 10.8. The largest absolute Gasteiger partial charge is 0.396 e. The predicted octanol–water partition coefficient (Wildman–Crippen LogP) is 1.84. The summed E-state index contributed by atoms with van der Waals surface area (Å²) >= 11 is 0. The molecule has 1 aromatic carbocycles. The molecule has 0 heterocycles. The van der Waals surface area contributed by atoms with Gasteiger partial charge in [-0.1, -0.05) is 0 Å². The first-order chi connectivity index (χ1) is 9.04. The zero-order chi connectivity index (χ0) is 14.0. The number of hydrogen-bond acceptors (Lipinski definition) is 3. The summed E-state index contributed by atoms with van der Waals surface area (Å²) in [5, 5.41) is 11.5. The quantitative estimate of drug-likeness (QED) is 0.876. The topological polar surface area (TPSA) is 66.4 Å². The highest BCUT2D eigenvalue weighted by Crippen LogP contribution is 2.33. The maximum absolute atomic E-state index is 14.0. The van der Waals surface area contributed by atoms with Crippen LogP contribution in [0.3, 0.4) is 0 Å². The van der Waals surface area contributed by atoms with Gasteiger partial charge in [0.2, 0.25) is 5.91 Å². The van der Waals surface area contributed by atoms with Gasteiger partial charge in [0.15, 0.2) is 5.78 Å². The number of anilines is 1. The fourth-order valence-electron chi connectivity index (χ4n) is 2.56. The van der Waals surface area contributed by atoms with Crippen LogP contribution in [0.5, 0.6) is 0 Å². The molecule has 0 fully saturated rings. The van der Waals surface area contributed by atoms with Gasteiger partial charge in [-0.05, 0) is 36.5 Å². The van der Waals surface area contributed by atoms with Crippen molar-refractivity contribution in [3.63, 3.8) is 0 Å². The number of benzene rings is 1. The van der Waals surface area contributed by atoms with E-state index >= 15 is 0 Å². The summed E-state index contributed by atoms with van der Waals surface area (Å²) in [5.41, 5.74) is 1.67. The Hall–Kier alpha value is -1.75. The molecule has 0 saturated carbocycles. The minimum Gasteiger partial charge on any atom is -0.396 e. The molecule has 1 aromatic rings. The normalized spacial score (nSPS) is 14.2. The Bertz CT molecular complexity index is 540. The summed E-state index contributed by atoms with van der Waals surface area (Å²) in [7, 11) is 0. The average Bonchev–Trinajstić information content (AvgIpc) is 2.33. The molecule has 2 N–H and O–H groups in total. The lowest BCUT2D eigenvalue weighted by Gasteiger charge is -2.22. The van der Waals surface area contributed by atoms with E-state index in [1.54, 1.807) is 0 Å². The van der Waals surface area contributed by atoms with Crippen molar-refractivity contribution in [2.45, 2.75) is 32.6 Å². The number of carbonyl (C=O) groups is 2. The van der Waals surface area contributed by atoms with Crippen LogP contribution in [0.25, 0.3) is 0 Å². The molecule has 0 bridgehead atoms. The van der Waals surface area contributed by atoms with Gasteiger partial charge in [0, 0.05) is 25.5 Å². The third kappa shape index (κ3) is 2.66. The highest BCUT2D eigenvalue weighted by Gasteiger charge is 2.26. The molecule has 0 saturated heterocycles. The molecule has 0 unspecified atom stereocenters. The minimum atomic E-state index is -0.480. The predicted molar refractivity (Wildman–Crippen MR) is 68.8 cm³/mol. The molecular weight excluding hydrogens is 249 g/mol. The Kier molecular flexibility index (Phi) is 3.95. The zero-order valence-electron chi connectivity index (χ0n) is 10.8. The molecular formula is C14H16FNO3. The van der Waals surface area contributed by atoms with Crippen molar-refractivity contribution in [2.75, 3.05) is 11.9 Å². The number of aliphatic hydroxyl groups is 1. The van der Waals surface area contributed by atoms with Crippen molar-refractivity contribution in [3.8, 4) is 0 Å². The molecule has 1 amide bonds. The molecule has 19 heavy (non-hydrogen) atoms. The van der Waals surface area contributed by atoms with Crippen LogP contribution in [0.2, 0.25) is 0 Å². The second-order valence-electron chi connectivity index (χ2n) is 4.67. The smallest absolute Gasteiger partial charge is 0.221 e. The van der Waals surface area contributed by atoms with Crippen LogP contribution in [0, 0.1) is 5.82 Å². The van der Waals surface area contributed by atoms with Gasteiger partial charge in [0.25, 0.3) is 0 Å². The van der Waals surface area contributed by atoms with Gasteiger partial charge in [-0.2, -0.15) is 0 Å². The number of hydrogen-bond donors (Lipinski definition) is 2. The number of aliphatic hydroxyl groups excluding tert-OH is 1. The van der Waals surface area contributed by atoms with Crippen molar-refractivity contribution >= 4 is 17.4 Å². The second kappa shape index (κ2) is 5.48. The standard InChI is InChI=1S/C14H16FNO3/c1-8(18)16-12-7-11(15)9(5-6-17)10-3-2-4-13(19)14(10)12/h7,17H,2-6H2,1H3,(H,16,18). The SMILES string of the molecule is CC(=O)Nc1cc(F)c(CCO)c2c1C(=O)CCC2. The molecule has 5 heteroatoms. The second-order valence-corrected chi connectivity index (χ2v) is 4.67. The fraction of sp³-hybridized carbons (Fsp3) is 0.429. The van der Waals surface area contributed by atoms with Crippen LogP contribution in [0.4, 0.5) is 10.1 Å². The highest BCUT2D eigenvalue weighted by atomic mass is 19.1. The summed E-state index contributed by atoms with van der Waals surface area (Å²) < 4.78 is 14.0. The summed E-state index contributed by atoms with van der Waals surface area (Å²) in [5.74, 6) is -0.898. The van der Waals surface area contributed by atoms with Crippen LogP contribution in [0.15, 0.2) is 6.07 Å². The monoisotopic (exact) mass is 265 g/mol. The number of ketones is 1. The Morgan fingerprint density at radius 3 is 2.84 bits per heavy atom. The number of rotatable bonds is 3. The number of carbonyl (C=O) groups excluding carboxylic acids is 2. The first-order valence-electron chi connectivity index (χ1n) is 6.30. The molecule has 4 nitrogen and oxygen atoms in total. The lowest BCUT2D eigenvalue weighted by molar-refractivity contribution is -0.114. The van der Waals surface area contributed by atoms with Crippen LogP contribution in [0.1, 0.15) is 41.3 Å². The first-order valence-corrected chi connectivity index (χ1v) is 6.30. The van der Waals surface area contributed by atoms with Gasteiger partial charge in [0.1, 0.15) is 5.82 Å². The van der Waals surface area contributed by atoms with Crippen LogP contribution in [-0.2, 0) is 17.6 Å². The van der Waals surface area contributed by atoms with Crippen molar-refractivity contribution in [1.82, 2.24) is 0 Å². The van der Waals surface area contributed by atoms with Crippen LogP contribution < -0.4 is 5.32 Å². The van der Waals surface area contributed by atoms with Gasteiger partial charge in [-0.3, -0.25) is 9.59 Å². The molecule has 0 atom stereocenters. The number of nitrogens with one attached hydrogen (secondary N) is 1. The molecule has 0 aliphatic heterocycles. The molecule has 0 radical (unpaired) electrons. The summed E-state index contributed by atoms with van der Waals surface area (Å²) in [6.45, 7) is 1.15. The van der Waals surface area contributed by atoms with Crippen LogP contribution in [-0.4, -0.2) is 23.4 Å². The fourth-order valence-corrected chi connectivity index (χ4v) is 2.56. The number of Topliss-reactive ketones (excluding diaryl/α,β-unsaturated/α-hetero) is 1. The van der Waals surface area contributed by atoms with Crippen molar-refractivity contribution in [3.05, 3.63) is 28.6 Å². The van der Waals surface area contributed by atoms with E-state index in [0.29, 0.717) is 36.0 Å². The van der Waals surface area contributed by atoms with Gasteiger partial charge in [-0.15, -0.1) is 0 Å². The highest BCUT2D eigenvalue weighted by molar-refractivity contribution is 6.06. The van der Waals surface area contributed by atoms with E-state index in [1.165, 1.54) is 13.0 Å². The summed E-state index contributed by atoms with van der Waals surface area (Å²) in [6, 6.07) is 1.18. The van der Waals surface area contributed by atoms with E-state index in [-0.39, 0.29) is 30.4 Å². The van der Waals surface area contributed by atoms with Crippen molar-refractivity contribution in [2.24, 2.45) is 0 Å². The van der Waals surface area contributed by atoms with E-state index in [0.717, 1.165) is 0 Å². The first kappa shape index (κ1) is 13.7. The molecule has 2 rings (SSSR count). The van der Waals surface area contributed by atoms with E-state index < -0.39 is 5.82 Å². The van der Waals surface area contributed by atoms with Gasteiger partial charge in [-0.25, -0.2) is 4.39 Å². The van der Waals surface area contributed by atoms with Gasteiger partial charge < -0.3 is 10.4 Å². The number of fused-ring (bicyclic) bond motifs is 1. The maximum Gasteiger partial charge on any atom is 0.221 e. The average molecular weight is 265 g/mol. The Morgan fingerprint density at radius 2 is 2.21 bits per heavy atom. The van der Waals surface area contributed by atoms with E-state index in [4.69, 9.17) is 5.11 Å². The van der Waals surface area contributed by atoms with Crippen molar-refractivity contribution < 1.29 is 19.1 Å². The lowest BCUT2D eigenvalue weighted by Crippen LogP contribution is -2.20. The Morgan fingerprint density at radius 1 is 1.47 bits per heavy atom. The Balaban J connectivity index is 2.61. The number of amides is 1. The van der Waals surface area contributed by atoms with Crippen LogP contribution >= 0.6 is 0 Å². The van der Waals surface area contributed by atoms with Gasteiger partial charge in [0.05, 0.1) is 5.69 Å². The molecule has 1 aliphatic rings. The van der Waals surface area contributed by atoms with Gasteiger partial charge >= 0.3 is 0 Å². The lowest BCUT2D eigenvalue weighted by atomic mass is 9.85. The van der Waals surface area contributed by atoms with E-state index in [9.17, 15) is 14.0 Å². The maximum atomic E-state index is 14.0. The van der Waals surface area contributed by atoms with E-state index in [1.807, 2.05) is 0 Å². The Labute approximate surface area is 110 Å². The van der Waals surface area contributed by atoms with E-state index in [2.05, 4.69) is 5.32 Å². The number of halogens is 1. The molecule has 0 aromatic heterocycles. The third-order valence-electron chi connectivity index (χ3n) is 3.28. The minimum absolute atomic E-state index is 0.0795. The summed E-state index contributed by atoms with van der Waals surface area (Å²) in [4.78, 5) is 23.2. The molecule has 0 spiro atoms. The summed E-state index contributed by atoms with van der Waals surface area (Å²) in [6.07, 6.45) is 1.86.